The van der Waals surface area contributed by atoms with Crippen molar-refractivity contribution in [1.82, 2.24) is 5.39 Å². The summed E-state index contributed by atoms with van der Waals surface area (Å²) in [5.74, 6) is -1.39. The van der Waals surface area contributed by atoms with Crippen LogP contribution < -0.4 is 4.74 Å². The van der Waals surface area contributed by atoms with Gasteiger partial charge in [0.25, 0.3) is 0 Å². The fourth-order valence-electron chi connectivity index (χ4n) is 2.72. The van der Waals surface area contributed by atoms with E-state index in [2.05, 4.69) is 19.0 Å². The number of nitrogens with zero attached hydrogens (tertiary/aromatic N) is 1. The fourth-order valence-corrected chi connectivity index (χ4v) is 2.72. The van der Waals surface area contributed by atoms with E-state index in [-0.39, 0.29) is 11.3 Å². The summed E-state index contributed by atoms with van der Waals surface area (Å²) in [5.41, 5.74) is 0.697. The largest absolute Gasteiger partial charge is 0.511 e. The first-order valence-corrected chi connectivity index (χ1v) is 8.76. The molecule has 1 unspecified atom stereocenters. The van der Waals surface area contributed by atoms with Gasteiger partial charge in [-0.3, -0.25) is 10.4 Å². The summed E-state index contributed by atoms with van der Waals surface area (Å²) in [5, 5.41) is 16.3. The molecule has 1 aliphatic rings. The van der Waals surface area contributed by atoms with Gasteiger partial charge in [-0.15, -0.1) is 0 Å². The van der Waals surface area contributed by atoms with Gasteiger partial charge in [0.1, 0.15) is 18.5 Å². The van der Waals surface area contributed by atoms with Crippen LogP contribution in [-0.4, -0.2) is 59.7 Å². The van der Waals surface area contributed by atoms with Gasteiger partial charge in [0, 0.05) is 5.56 Å². The van der Waals surface area contributed by atoms with Crippen molar-refractivity contribution in [2.45, 2.75) is 39.2 Å². The minimum absolute atomic E-state index is 0.00460. The van der Waals surface area contributed by atoms with E-state index >= 15 is 0 Å². The fraction of sp³-hybridized carbons (Fsp3) is 0.444. The molecule has 172 valence electrons. The van der Waals surface area contributed by atoms with Crippen molar-refractivity contribution in [2.24, 2.45) is 0 Å². The van der Waals surface area contributed by atoms with Crippen LogP contribution in [0.4, 0.5) is 18.0 Å². The number of hydrogen-bond donors (Lipinski definition) is 2. The highest BCUT2D eigenvalue weighted by molar-refractivity contribution is 5.96. The highest BCUT2D eigenvalue weighted by Gasteiger charge is 2.49. The molecule has 1 aromatic rings. The Kier molecular flexibility index (Phi) is 7.84. The monoisotopic (exact) mass is 451 g/mol. The van der Waals surface area contributed by atoms with E-state index < -0.39 is 54.9 Å². The minimum atomic E-state index is -4.90. The maximum absolute atomic E-state index is 13.4. The van der Waals surface area contributed by atoms with Crippen molar-refractivity contribution >= 4 is 18.2 Å². The molecule has 10 nitrogen and oxygen atoms in total. The zero-order chi connectivity index (χ0) is 23.3. The van der Waals surface area contributed by atoms with Crippen molar-refractivity contribution in [2.75, 3.05) is 13.4 Å². The Balaban J connectivity index is 2.01. The number of halogens is 3. The van der Waals surface area contributed by atoms with Crippen molar-refractivity contribution in [3.63, 3.8) is 0 Å². The first kappa shape index (κ1) is 24.4. The molecule has 0 spiro atoms. The smallest absolute Gasteiger partial charge is 0.475 e. The molecule has 0 saturated carbocycles. The molecule has 0 bridgehead atoms. The SMILES string of the molecule is Cc1cc(C)c2c(c1)C=C(C(=O)OCOC(=O)OCC(C)ON(O)O)[C@@H](C(F)(F)F)O2. The lowest BCUT2D eigenvalue weighted by Crippen LogP contribution is -2.41. The average Bonchev–Trinajstić information content (AvgIpc) is 2.63. The first-order valence-electron chi connectivity index (χ1n) is 8.76. The van der Waals surface area contributed by atoms with Crippen molar-refractivity contribution in [1.29, 1.82) is 0 Å². The van der Waals surface area contributed by atoms with Crippen molar-refractivity contribution in [3.8, 4) is 5.75 Å². The number of carbonyl (C=O) groups is 2. The Hall–Kier alpha value is -2.87. The van der Waals surface area contributed by atoms with Gasteiger partial charge < -0.3 is 18.9 Å². The van der Waals surface area contributed by atoms with Crippen LogP contribution in [0.3, 0.4) is 0 Å². The summed E-state index contributed by atoms with van der Waals surface area (Å²) in [6, 6.07) is 3.20. The number of fused-ring (bicyclic) bond motifs is 1. The van der Waals surface area contributed by atoms with E-state index in [4.69, 9.17) is 15.2 Å². The van der Waals surface area contributed by atoms with Crippen LogP contribution >= 0.6 is 0 Å². The molecule has 2 atom stereocenters. The van der Waals surface area contributed by atoms with E-state index in [9.17, 15) is 22.8 Å². The molecule has 1 aromatic carbocycles. The molecule has 1 aliphatic heterocycles. The van der Waals surface area contributed by atoms with Crippen LogP contribution in [0.1, 0.15) is 23.6 Å². The molecular formula is C18H20F3NO9. The normalized spacial score (nSPS) is 16.7. The number of benzene rings is 1. The van der Waals surface area contributed by atoms with E-state index in [1.54, 1.807) is 26.0 Å². The Labute approximate surface area is 174 Å². The first-order chi connectivity index (χ1) is 14.4. The quantitative estimate of drug-likeness (QED) is 0.363. The van der Waals surface area contributed by atoms with E-state index in [0.29, 0.717) is 5.56 Å². The van der Waals surface area contributed by atoms with Gasteiger partial charge in [-0.25, -0.2) is 14.4 Å². The summed E-state index contributed by atoms with van der Waals surface area (Å²) in [6.45, 7) is 3.15. The third kappa shape index (κ3) is 6.82. The second-order valence-electron chi connectivity index (χ2n) is 6.56. The minimum Gasteiger partial charge on any atom is -0.475 e. The van der Waals surface area contributed by atoms with Crippen LogP contribution in [0.2, 0.25) is 0 Å². The predicted octanol–water partition coefficient (Wildman–Crippen LogP) is 3.06. The summed E-state index contributed by atoms with van der Waals surface area (Å²) in [4.78, 5) is 27.9. The van der Waals surface area contributed by atoms with Gasteiger partial charge in [0.05, 0.1) is 11.0 Å². The maximum Gasteiger partial charge on any atom is 0.511 e. The summed E-state index contributed by atoms with van der Waals surface area (Å²) in [7, 11) is 0. The van der Waals surface area contributed by atoms with E-state index in [1.807, 2.05) is 0 Å². The molecule has 0 aromatic heterocycles. The summed E-state index contributed by atoms with van der Waals surface area (Å²) < 4.78 is 59.0. The van der Waals surface area contributed by atoms with E-state index in [1.165, 1.54) is 6.92 Å². The molecule has 0 aliphatic carbocycles. The lowest BCUT2D eigenvalue weighted by molar-refractivity contribution is -0.504. The van der Waals surface area contributed by atoms with Crippen LogP contribution in [0.25, 0.3) is 6.08 Å². The van der Waals surface area contributed by atoms with E-state index in [0.717, 1.165) is 11.6 Å². The molecule has 0 saturated heterocycles. The number of hydrogen-bond acceptors (Lipinski definition) is 10. The lowest BCUT2D eigenvalue weighted by atomic mass is 9.97. The molecule has 31 heavy (non-hydrogen) atoms. The number of rotatable bonds is 7. The Morgan fingerprint density at radius 1 is 1.19 bits per heavy atom. The highest BCUT2D eigenvalue weighted by Crippen LogP contribution is 2.39. The number of alkyl halides is 3. The highest BCUT2D eigenvalue weighted by atomic mass is 19.4. The number of ether oxygens (including phenoxy) is 4. The van der Waals surface area contributed by atoms with Gasteiger partial charge in [0.2, 0.25) is 12.9 Å². The zero-order valence-corrected chi connectivity index (χ0v) is 16.6. The molecule has 13 heteroatoms. The second kappa shape index (κ2) is 9.96. The Morgan fingerprint density at radius 3 is 2.48 bits per heavy atom. The molecule has 0 fully saturated rings. The lowest BCUT2D eigenvalue weighted by Gasteiger charge is -2.29. The summed E-state index contributed by atoms with van der Waals surface area (Å²) >= 11 is 0. The number of esters is 1. The third-order valence-corrected chi connectivity index (χ3v) is 3.89. The maximum atomic E-state index is 13.4. The number of aryl methyl sites for hydroxylation is 2. The molecule has 2 N–H and O–H groups in total. The molecule has 1 heterocycles. The van der Waals surface area contributed by atoms with Crippen molar-refractivity contribution in [3.05, 3.63) is 34.4 Å². The van der Waals surface area contributed by atoms with Crippen LogP contribution in [-0.2, 0) is 23.8 Å². The second-order valence-corrected chi connectivity index (χ2v) is 6.56. The van der Waals surface area contributed by atoms with Gasteiger partial charge in [-0.05, 0) is 38.5 Å². The third-order valence-electron chi connectivity index (χ3n) is 3.89. The Morgan fingerprint density at radius 2 is 1.87 bits per heavy atom. The van der Waals surface area contributed by atoms with Crippen LogP contribution in [0.5, 0.6) is 5.75 Å². The van der Waals surface area contributed by atoms with Gasteiger partial charge >= 0.3 is 18.3 Å². The Bertz CT molecular complexity index is 854. The predicted molar refractivity (Wildman–Crippen MR) is 93.7 cm³/mol. The van der Waals surface area contributed by atoms with Crippen LogP contribution in [0, 0.1) is 13.8 Å². The van der Waals surface area contributed by atoms with Gasteiger partial charge in [-0.1, -0.05) is 11.6 Å². The van der Waals surface area contributed by atoms with Gasteiger partial charge in [-0.2, -0.15) is 13.2 Å². The topological polar surface area (TPSA) is 124 Å². The molecule has 2 rings (SSSR count). The van der Waals surface area contributed by atoms with Crippen LogP contribution in [0.15, 0.2) is 17.7 Å². The number of carbonyl (C=O) groups excluding carboxylic acids is 2. The average molecular weight is 451 g/mol. The van der Waals surface area contributed by atoms with Gasteiger partial charge in [0.15, 0.2) is 0 Å². The standard InChI is InChI=1S/C18H20F3NO9/c1-9-4-10(2)14-12(5-9)6-13(15(30-14)18(19,20)21)16(23)28-8-29-17(24)27-7-11(3)31-22(25)26/h4-6,11,15,25-26H,7-8H2,1-3H3/t11?,15-/m0/s1. The molecule has 0 radical (unpaired) electrons. The zero-order valence-electron chi connectivity index (χ0n) is 16.6. The summed E-state index contributed by atoms with van der Waals surface area (Å²) in [6.07, 6.45) is -8.73. The molecular weight excluding hydrogens is 431 g/mol. The van der Waals surface area contributed by atoms with Crippen molar-refractivity contribution < 1.29 is 57.0 Å². The molecule has 0 amide bonds.